The van der Waals surface area contributed by atoms with Crippen LogP contribution in [0, 0.1) is 0 Å². The molecule has 0 saturated carbocycles. The molecule has 0 aliphatic heterocycles. The number of hydrogen-bond acceptors (Lipinski definition) is 10. The molecule has 158 valence electrons. The second-order valence-electron chi connectivity index (χ2n) is 5.62. The summed E-state index contributed by atoms with van der Waals surface area (Å²) in [5.41, 5.74) is -5.79. The lowest BCUT2D eigenvalue weighted by Gasteiger charge is -2.24. The molecule has 0 aliphatic rings. The molecule has 0 heterocycles. The zero-order valence-electron chi connectivity index (χ0n) is 14.2. The number of hydrogen-bond donors (Lipinski definition) is 6. The van der Waals surface area contributed by atoms with E-state index in [0.29, 0.717) is 0 Å². The summed E-state index contributed by atoms with van der Waals surface area (Å²) in [7, 11) is 0. The Hall–Kier alpha value is -3.26. The van der Waals surface area contributed by atoms with Crippen LogP contribution in [0.25, 0.3) is 0 Å². The lowest BCUT2D eigenvalue weighted by molar-refractivity contribution is -0.181. The van der Waals surface area contributed by atoms with Gasteiger partial charge < -0.3 is 40.1 Å². The Morgan fingerprint density at radius 2 is 0.750 bits per heavy atom. The molecule has 0 aliphatic carbocycles. The number of carboxylic acid groups (broad SMARTS) is 4. The van der Waals surface area contributed by atoms with E-state index in [0.717, 1.165) is 0 Å². The van der Waals surface area contributed by atoms with Crippen LogP contribution in [0.3, 0.4) is 0 Å². The first-order valence-corrected chi connectivity index (χ1v) is 7.38. The molecule has 0 radical (unpaired) electrons. The lowest BCUT2D eigenvalue weighted by atomic mass is 9.95. The van der Waals surface area contributed by atoms with E-state index in [1.165, 1.54) is 0 Å². The molecule has 0 aromatic heterocycles. The highest BCUT2D eigenvalue weighted by atomic mass is 16.6. The predicted octanol–water partition coefficient (Wildman–Crippen LogP) is -2.57. The fourth-order valence-electron chi connectivity index (χ4n) is 1.95. The van der Waals surface area contributed by atoms with Gasteiger partial charge in [0.15, 0.2) is 11.2 Å². The Balaban J connectivity index is 4.84. The zero-order valence-corrected chi connectivity index (χ0v) is 14.2. The van der Waals surface area contributed by atoms with Crippen molar-refractivity contribution in [2.24, 2.45) is 0 Å². The first-order valence-electron chi connectivity index (χ1n) is 7.38. The fraction of sp³-hybridized carbons (Fsp3) is 0.571. The largest absolute Gasteiger partial charge is 0.481 e. The predicted molar refractivity (Wildman–Crippen MR) is 80.8 cm³/mol. The number of rotatable bonds is 13. The molecule has 0 aromatic carbocycles. The second kappa shape index (κ2) is 10.2. The highest BCUT2D eigenvalue weighted by molar-refractivity contribution is 5.90. The molecule has 0 aromatic rings. The maximum Gasteiger partial charge on any atom is 0.339 e. The third kappa shape index (κ3) is 8.41. The Bertz CT molecular complexity index is 562. The van der Waals surface area contributed by atoms with Crippen LogP contribution in [0.1, 0.15) is 25.7 Å². The van der Waals surface area contributed by atoms with Crippen molar-refractivity contribution in [3.05, 3.63) is 0 Å². The van der Waals surface area contributed by atoms with Crippen molar-refractivity contribution >= 4 is 35.8 Å². The van der Waals surface area contributed by atoms with Crippen molar-refractivity contribution < 1.29 is 68.9 Å². The van der Waals surface area contributed by atoms with Gasteiger partial charge in [0.05, 0.1) is 25.7 Å². The molecule has 0 fully saturated rings. The van der Waals surface area contributed by atoms with Crippen molar-refractivity contribution in [1.82, 2.24) is 0 Å². The fourth-order valence-corrected chi connectivity index (χ4v) is 1.95. The number of aliphatic hydroxyl groups is 2. The SMILES string of the molecule is O=C(O)CC(O)(CC(=O)O)C(=O)OCCOC(=O)C(O)(CC(=O)O)CC(=O)O. The summed E-state index contributed by atoms with van der Waals surface area (Å²) in [5, 5.41) is 54.2. The number of carbonyl (C=O) groups is 6. The normalized spacial score (nSPS) is 11.4. The summed E-state index contributed by atoms with van der Waals surface area (Å²) in [4.78, 5) is 66.1. The minimum absolute atomic E-state index is 0.831. The molecular formula is C14H18O14. The Labute approximate surface area is 155 Å². The molecule has 0 spiro atoms. The smallest absolute Gasteiger partial charge is 0.339 e. The maximum atomic E-state index is 11.7. The molecule has 0 rings (SSSR count). The number of carboxylic acids is 4. The molecule has 0 amide bonds. The first kappa shape index (κ1) is 24.7. The van der Waals surface area contributed by atoms with E-state index in [2.05, 4.69) is 9.47 Å². The molecule has 6 N–H and O–H groups in total. The standard InChI is InChI=1S/C14H18O14/c15-7(16)3-13(25,4-8(17)18)11(23)27-1-2-28-12(24)14(26,5-9(19)20)6-10(21)22/h25-26H,1-6H2,(H,15,16)(H,17,18)(H,19,20)(H,21,22). The van der Waals surface area contributed by atoms with Gasteiger partial charge in [-0.1, -0.05) is 0 Å². The second-order valence-corrected chi connectivity index (χ2v) is 5.62. The summed E-state index contributed by atoms with van der Waals surface area (Å²) in [6.45, 7) is -1.66. The van der Waals surface area contributed by atoms with Crippen molar-refractivity contribution in [2.45, 2.75) is 36.9 Å². The van der Waals surface area contributed by atoms with Gasteiger partial charge in [-0.2, -0.15) is 0 Å². The van der Waals surface area contributed by atoms with Gasteiger partial charge in [-0.3, -0.25) is 19.2 Å². The number of ether oxygens (including phenoxy) is 2. The Morgan fingerprint density at radius 1 is 0.536 bits per heavy atom. The van der Waals surface area contributed by atoms with Gasteiger partial charge in [0.25, 0.3) is 0 Å². The molecular weight excluding hydrogens is 392 g/mol. The van der Waals surface area contributed by atoms with Crippen LogP contribution in [0.2, 0.25) is 0 Å². The van der Waals surface area contributed by atoms with E-state index in [-0.39, 0.29) is 0 Å². The topological polar surface area (TPSA) is 242 Å². The number of carbonyl (C=O) groups excluding carboxylic acids is 2. The van der Waals surface area contributed by atoms with Crippen LogP contribution in [0.5, 0.6) is 0 Å². The van der Waals surface area contributed by atoms with E-state index in [9.17, 15) is 39.0 Å². The summed E-state index contributed by atoms with van der Waals surface area (Å²) in [6, 6.07) is 0. The monoisotopic (exact) mass is 410 g/mol. The third-order valence-electron chi connectivity index (χ3n) is 3.08. The lowest BCUT2D eigenvalue weighted by Crippen LogP contribution is -2.45. The highest BCUT2D eigenvalue weighted by Gasteiger charge is 2.44. The highest BCUT2D eigenvalue weighted by Crippen LogP contribution is 2.19. The van der Waals surface area contributed by atoms with Crippen molar-refractivity contribution in [1.29, 1.82) is 0 Å². The molecule has 0 saturated heterocycles. The van der Waals surface area contributed by atoms with Gasteiger partial charge in [0.1, 0.15) is 13.2 Å². The van der Waals surface area contributed by atoms with Gasteiger partial charge >= 0.3 is 35.8 Å². The summed E-state index contributed by atoms with van der Waals surface area (Å²) < 4.78 is 8.85. The van der Waals surface area contributed by atoms with Crippen LogP contribution in [0.15, 0.2) is 0 Å². The van der Waals surface area contributed by atoms with Gasteiger partial charge in [0.2, 0.25) is 0 Å². The van der Waals surface area contributed by atoms with Crippen LogP contribution in [-0.2, 0) is 38.2 Å². The number of esters is 2. The van der Waals surface area contributed by atoms with Crippen LogP contribution < -0.4 is 0 Å². The van der Waals surface area contributed by atoms with Crippen LogP contribution in [0.4, 0.5) is 0 Å². The van der Waals surface area contributed by atoms with E-state index in [4.69, 9.17) is 20.4 Å². The van der Waals surface area contributed by atoms with E-state index in [1.807, 2.05) is 0 Å². The summed E-state index contributed by atoms with van der Waals surface area (Å²) in [5.74, 6) is -10.1. The summed E-state index contributed by atoms with van der Waals surface area (Å²) >= 11 is 0. The molecule has 0 unspecified atom stereocenters. The van der Waals surface area contributed by atoms with Crippen LogP contribution in [-0.4, -0.2) is 90.9 Å². The van der Waals surface area contributed by atoms with Gasteiger partial charge in [-0.15, -0.1) is 0 Å². The average molecular weight is 410 g/mol. The summed E-state index contributed by atoms with van der Waals surface area (Å²) in [6.07, 6.45) is -5.13. The van der Waals surface area contributed by atoms with Gasteiger partial charge in [-0.25, -0.2) is 9.59 Å². The van der Waals surface area contributed by atoms with Crippen molar-refractivity contribution in [2.75, 3.05) is 13.2 Å². The van der Waals surface area contributed by atoms with Gasteiger partial charge in [-0.05, 0) is 0 Å². The molecule has 14 nitrogen and oxygen atoms in total. The number of aliphatic carboxylic acids is 4. The zero-order chi connectivity index (χ0) is 22.1. The van der Waals surface area contributed by atoms with Crippen molar-refractivity contribution in [3.8, 4) is 0 Å². The molecule has 0 bridgehead atoms. The molecule has 14 heteroatoms. The van der Waals surface area contributed by atoms with E-state index in [1.54, 1.807) is 0 Å². The average Bonchev–Trinajstić information content (AvgIpc) is 2.47. The maximum absolute atomic E-state index is 11.7. The van der Waals surface area contributed by atoms with E-state index < -0.39 is 85.9 Å². The quantitative estimate of drug-likeness (QED) is 0.135. The minimum atomic E-state index is -2.89. The Morgan fingerprint density at radius 3 is 0.929 bits per heavy atom. The molecule has 28 heavy (non-hydrogen) atoms. The third-order valence-corrected chi connectivity index (χ3v) is 3.08. The van der Waals surface area contributed by atoms with Gasteiger partial charge in [0, 0.05) is 0 Å². The molecule has 0 atom stereocenters. The Kier molecular flexibility index (Phi) is 8.99. The first-order chi connectivity index (χ1) is 12.7. The van der Waals surface area contributed by atoms with Crippen molar-refractivity contribution in [3.63, 3.8) is 0 Å². The van der Waals surface area contributed by atoms with E-state index >= 15 is 0 Å². The van der Waals surface area contributed by atoms with Crippen LogP contribution >= 0.6 is 0 Å². The minimum Gasteiger partial charge on any atom is -0.481 e.